The molecule has 2 aromatic heterocycles. The van der Waals surface area contributed by atoms with Gasteiger partial charge in [0.25, 0.3) is 0 Å². The molecular formula is C23H18ClN3O5S2. The number of pyridine rings is 1. The third-order valence-corrected chi connectivity index (χ3v) is 8.63. The first-order chi connectivity index (χ1) is 16.4. The first-order valence-corrected chi connectivity index (χ1v) is 12.6. The van der Waals surface area contributed by atoms with Crippen LogP contribution in [0.15, 0.2) is 58.6 Å². The number of thioether (sulfide) groups is 1. The number of carbonyl (C=O) groups excluding carboxylic acids is 3. The zero-order valence-corrected chi connectivity index (χ0v) is 20.2. The molecule has 0 spiro atoms. The number of fused-ring (bicyclic) bond motifs is 2. The molecule has 2 aliphatic rings. The highest BCUT2D eigenvalue weighted by atomic mass is 35.5. The third kappa shape index (κ3) is 3.75. The number of aromatic nitrogens is 2. The second-order valence-electron chi connectivity index (χ2n) is 7.75. The van der Waals surface area contributed by atoms with Crippen LogP contribution in [0.25, 0.3) is 0 Å². The number of amides is 2. The Labute approximate surface area is 207 Å². The molecule has 1 saturated heterocycles. The molecule has 11 heteroatoms. The maximum Gasteiger partial charge on any atom is 0.326 e. The Morgan fingerprint density at radius 3 is 2.59 bits per heavy atom. The maximum atomic E-state index is 13.7. The number of rotatable bonds is 5. The molecule has 174 valence electrons. The topological polar surface area (TPSA) is 98.6 Å². The first-order valence-electron chi connectivity index (χ1n) is 10.5. The van der Waals surface area contributed by atoms with Crippen molar-refractivity contribution in [2.75, 3.05) is 11.5 Å². The normalized spacial score (nSPS) is 21.4. The third-order valence-electron chi connectivity index (χ3n) is 5.77. The molecule has 0 radical (unpaired) electrons. The predicted molar refractivity (Wildman–Crippen MR) is 128 cm³/mol. The van der Waals surface area contributed by atoms with Crippen molar-refractivity contribution in [3.05, 3.63) is 73.9 Å². The van der Waals surface area contributed by atoms with Crippen LogP contribution in [0.4, 0.5) is 5.69 Å². The monoisotopic (exact) mass is 515 g/mol. The Morgan fingerprint density at radius 1 is 1.15 bits per heavy atom. The van der Waals surface area contributed by atoms with Crippen LogP contribution in [-0.2, 0) is 25.7 Å². The van der Waals surface area contributed by atoms with Crippen molar-refractivity contribution in [1.29, 1.82) is 0 Å². The Bertz CT molecular complexity index is 1340. The van der Waals surface area contributed by atoms with Crippen molar-refractivity contribution in [3.8, 4) is 0 Å². The van der Waals surface area contributed by atoms with Crippen molar-refractivity contribution >= 4 is 58.2 Å². The fraction of sp³-hybridized carbons (Fsp3) is 0.261. The number of imide groups is 1. The molecule has 3 aromatic rings. The molecule has 0 N–H and O–H groups in total. The molecule has 0 saturated carbocycles. The molecule has 1 aromatic carbocycles. The average Bonchev–Trinajstić information content (AvgIpc) is 3.27. The molecule has 4 heterocycles. The first kappa shape index (κ1) is 22.8. The fourth-order valence-electron chi connectivity index (χ4n) is 4.35. The quantitative estimate of drug-likeness (QED) is 0.379. The van der Waals surface area contributed by atoms with Gasteiger partial charge in [0.1, 0.15) is 11.8 Å². The van der Waals surface area contributed by atoms with Gasteiger partial charge in [-0.1, -0.05) is 40.8 Å². The Balaban J connectivity index is 1.63. The van der Waals surface area contributed by atoms with Gasteiger partial charge in [-0.3, -0.25) is 28.7 Å². The SMILES string of the molecule is CCOC(=O)Cn1c2c(sc1=O)C(c1cccnc1)C1C(=O)N(c3ccc(Cl)cc3)C(=O)C1S2. The number of ether oxygens (including phenoxy) is 1. The standard InChI is InChI=1S/C23H18ClN3O5S2/c1-2-32-15(28)11-26-22-19(34-23(26)31)16(12-4-3-9-25-10-12)17-18(33-22)21(30)27(20(17)29)14-7-5-13(24)6-8-14/h3-10,16-18H,2,11H2,1H3. The van der Waals surface area contributed by atoms with E-state index in [2.05, 4.69) is 4.98 Å². The van der Waals surface area contributed by atoms with Gasteiger partial charge in [0.2, 0.25) is 11.8 Å². The van der Waals surface area contributed by atoms with Gasteiger partial charge in [-0.15, -0.1) is 0 Å². The number of hydrogen-bond acceptors (Lipinski definition) is 8. The van der Waals surface area contributed by atoms with Crippen LogP contribution in [0.1, 0.15) is 23.3 Å². The summed E-state index contributed by atoms with van der Waals surface area (Å²) in [5.74, 6) is -2.53. The van der Waals surface area contributed by atoms with E-state index in [4.69, 9.17) is 16.3 Å². The summed E-state index contributed by atoms with van der Waals surface area (Å²) in [5, 5.41) is 0.244. The summed E-state index contributed by atoms with van der Waals surface area (Å²) in [7, 11) is 0. The van der Waals surface area contributed by atoms with Crippen molar-refractivity contribution < 1.29 is 19.1 Å². The lowest BCUT2D eigenvalue weighted by molar-refractivity contribution is -0.144. The van der Waals surface area contributed by atoms with E-state index in [-0.39, 0.29) is 29.8 Å². The summed E-state index contributed by atoms with van der Waals surface area (Å²) in [6.45, 7) is 1.63. The second kappa shape index (κ2) is 9.01. The van der Waals surface area contributed by atoms with Crippen LogP contribution >= 0.6 is 34.7 Å². The minimum absolute atomic E-state index is 0.194. The van der Waals surface area contributed by atoms with E-state index in [1.807, 2.05) is 6.07 Å². The molecule has 0 aliphatic carbocycles. The Hall–Kier alpha value is -2.95. The molecule has 3 unspecified atom stereocenters. The van der Waals surface area contributed by atoms with Crippen molar-refractivity contribution in [2.24, 2.45) is 5.92 Å². The molecule has 34 heavy (non-hydrogen) atoms. The number of anilines is 1. The van der Waals surface area contributed by atoms with Gasteiger partial charge in [0, 0.05) is 28.2 Å². The van der Waals surface area contributed by atoms with Crippen LogP contribution in [0.3, 0.4) is 0 Å². The van der Waals surface area contributed by atoms with Crippen molar-refractivity contribution in [3.63, 3.8) is 0 Å². The highest BCUT2D eigenvalue weighted by Gasteiger charge is 2.56. The lowest BCUT2D eigenvalue weighted by atomic mass is 9.84. The van der Waals surface area contributed by atoms with Crippen molar-refractivity contribution in [1.82, 2.24) is 9.55 Å². The van der Waals surface area contributed by atoms with E-state index in [0.29, 0.717) is 20.6 Å². The predicted octanol–water partition coefficient (Wildman–Crippen LogP) is 3.32. The van der Waals surface area contributed by atoms with Crippen LogP contribution < -0.4 is 9.77 Å². The van der Waals surface area contributed by atoms with Gasteiger partial charge in [0.15, 0.2) is 0 Å². The number of hydrogen-bond donors (Lipinski definition) is 0. The zero-order chi connectivity index (χ0) is 24.0. The van der Waals surface area contributed by atoms with Crippen molar-refractivity contribution in [2.45, 2.75) is 29.7 Å². The van der Waals surface area contributed by atoms with Crippen LogP contribution in [-0.4, -0.2) is 39.2 Å². The van der Waals surface area contributed by atoms with E-state index in [1.54, 1.807) is 49.6 Å². The van der Waals surface area contributed by atoms with E-state index in [9.17, 15) is 19.2 Å². The molecule has 3 atom stereocenters. The molecule has 2 aliphatic heterocycles. The molecular weight excluding hydrogens is 498 g/mol. The minimum Gasteiger partial charge on any atom is -0.465 e. The van der Waals surface area contributed by atoms with Gasteiger partial charge >= 0.3 is 10.8 Å². The average molecular weight is 516 g/mol. The Kier molecular flexibility index (Phi) is 6.05. The van der Waals surface area contributed by atoms with Gasteiger partial charge in [0.05, 0.1) is 23.2 Å². The summed E-state index contributed by atoms with van der Waals surface area (Å²) in [5.41, 5.74) is 1.16. The largest absolute Gasteiger partial charge is 0.465 e. The molecule has 1 fully saturated rings. The van der Waals surface area contributed by atoms with E-state index in [0.717, 1.165) is 28.7 Å². The summed E-state index contributed by atoms with van der Waals surface area (Å²) in [4.78, 5) is 57.9. The molecule has 5 rings (SSSR count). The second-order valence-corrected chi connectivity index (χ2v) is 10.3. The highest BCUT2D eigenvalue weighted by Crippen LogP contribution is 2.53. The maximum absolute atomic E-state index is 13.7. The molecule has 2 amide bonds. The van der Waals surface area contributed by atoms with Gasteiger partial charge in [-0.25, -0.2) is 4.90 Å². The van der Waals surface area contributed by atoms with Crippen LogP contribution in [0.2, 0.25) is 5.02 Å². The zero-order valence-electron chi connectivity index (χ0n) is 17.8. The molecule has 0 bridgehead atoms. The van der Waals surface area contributed by atoms with E-state index < -0.39 is 23.1 Å². The van der Waals surface area contributed by atoms with Gasteiger partial charge in [-0.05, 0) is 42.8 Å². The van der Waals surface area contributed by atoms with Gasteiger partial charge in [-0.2, -0.15) is 0 Å². The lowest BCUT2D eigenvalue weighted by Gasteiger charge is -2.30. The molecule has 8 nitrogen and oxygen atoms in total. The summed E-state index contributed by atoms with van der Waals surface area (Å²) < 4.78 is 6.37. The van der Waals surface area contributed by atoms with E-state index >= 15 is 0 Å². The van der Waals surface area contributed by atoms with Crippen LogP contribution in [0, 0.1) is 5.92 Å². The number of carbonyl (C=O) groups is 3. The summed E-state index contributed by atoms with van der Waals surface area (Å²) in [6, 6.07) is 10.1. The fourth-order valence-corrected chi connectivity index (χ4v) is 7.25. The Morgan fingerprint density at radius 2 is 1.91 bits per heavy atom. The number of benzene rings is 1. The number of halogens is 1. The summed E-state index contributed by atoms with van der Waals surface area (Å²) >= 11 is 8.13. The highest BCUT2D eigenvalue weighted by molar-refractivity contribution is 8.00. The number of thiazole rings is 1. The number of esters is 1. The summed E-state index contributed by atoms with van der Waals surface area (Å²) in [6.07, 6.45) is 3.26. The van der Waals surface area contributed by atoms with E-state index in [1.165, 1.54) is 9.47 Å². The van der Waals surface area contributed by atoms with Crippen LogP contribution in [0.5, 0.6) is 0 Å². The lowest BCUT2D eigenvalue weighted by Crippen LogP contribution is -2.32. The van der Waals surface area contributed by atoms with Gasteiger partial charge < -0.3 is 4.74 Å². The minimum atomic E-state index is -0.761. The number of nitrogens with zero attached hydrogens (tertiary/aromatic N) is 3. The smallest absolute Gasteiger partial charge is 0.326 e.